The SMILES string of the molecule is Cn1cncc1C(=O)N[C@H]1C2CN3CCN(C2)CC1(c1ccccc1)C3. The zero-order chi connectivity index (χ0) is 17.7. The Bertz CT molecular complexity index is 801. The maximum atomic E-state index is 13.0. The van der Waals surface area contributed by atoms with E-state index in [1.807, 2.05) is 7.05 Å². The maximum Gasteiger partial charge on any atom is 0.269 e. The molecular formula is C20H25N5O. The van der Waals surface area contributed by atoms with Crippen molar-refractivity contribution in [2.45, 2.75) is 11.5 Å². The Morgan fingerprint density at radius 1 is 1.15 bits per heavy atom. The summed E-state index contributed by atoms with van der Waals surface area (Å²) in [5.41, 5.74) is 1.92. The number of carbonyl (C=O) groups is 1. The first-order chi connectivity index (χ1) is 12.7. The minimum atomic E-state index is -0.0484. The first kappa shape index (κ1) is 16.0. The van der Waals surface area contributed by atoms with Gasteiger partial charge in [-0.25, -0.2) is 4.98 Å². The molecule has 4 aliphatic rings. The van der Waals surface area contributed by atoms with Gasteiger partial charge >= 0.3 is 0 Å². The fourth-order valence-electron chi connectivity index (χ4n) is 5.36. The summed E-state index contributed by atoms with van der Waals surface area (Å²) in [6.45, 7) is 6.44. The molecule has 4 fully saturated rings. The van der Waals surface area contributed by atoms with Crippen LogP contribution >= 0.6 is 0 Å². The van der Waals surface area contributed by atoms with Gasteiger partial charge in [-0.05, 0) is 5.56 Å². The molecule has 1 aromatic carbocycles. The van der Waals surface area contributed by atoms with Crippen LogP contribution in [0.2, 0.25) is 0 Å². The van der Waals surface area contributed by atoms with E-state index in [9.17, 15) is 4.79 Å². The van der Waals surface area contributed by atoms with Gasteiger partial charge in [0.15, 0.2) is 0 Å². The third-order valence-electron chi connectivity index (χ3n) is 6.48. The van der Waals surface area contributed by atoms with Crippen LogP contribution < -0.4 is 5.32 Å². The monoisotopic (exact) mass is 351 g/mol. The standard InChI is InChI=1S/C20H25N5O/c1-23-14-21-9-17(23)19(26)22-18-15-10-24-7-8-25(11-15)13-20(18,12-24)16-5-3-2-4-6-16/h2-6,9,14-15,18H,7-8,10-13H2,1H3,(H,22,26)/t15?,18-,20?/m0/s1. The van der Waals surface area contributed by atoms with Crippen LogP contribution in [0.15, 0.2) is 42.9 Å². The minimum absolute atomic E-state index is 0.0125. The van der Waals surface area contributed by atoms with Gasteiger partial charge in [0.25, 0.3) is 5.91 Å². The number of nitrogens with one attached hydrogen (secondary N) is 1. The van der Waals surface area contributed by atoms with Crippen LogP contribution in [0.4, 0.5) is 0 Å². The van der Waals surface area contributed by atoms with Gasteiger partial charge in [-0.1, -0.05) is 30.3 Å². The number of hydrogen-bond acceptors (Lipinski definition) is 4. The summed E-state index contributed by atoms with van der Waals surface area (Å²) in [6, 6.07) is 10.9. The van der Waals surface area contributed by atoms with Gasteiger partial charge in [0, 0.05) is 63.7 Å². The van der Waals surface area contributed by atoms with Crippen LogP contribution in [-0.2, 0) is 12.5 Å². The highest BCUT2D eigenvalue weighted by Gasteiger charge is 2.55. The molecule has 1 amide bonds. The minimum Gasteiger partial charge on any atom is -0.347 e. The lowest BCUT2D eigenvalue weighted by atomic mass is 9.64. The number of imidazole rings is 1. The molecular weight excluding hydrogens is 326 g/mol. The normalized spacial score (nSPS) is 35.3. The summed E-state index contributed by atoms with van der Waals surface area (Å²) in [7, 11) is 1.87. The largest absolute Gasteiger partial charge is 0.347 e. The Kier molecular flexibility index (Phi) is 3.65. The first-order valence-electron chi connectivity index (χ1n) is 9.43. The molecule has 2 unspecified atom stereocenters. The van der Waals surface area contributed by atoms with Gasteiger partial charge in [-0.3, -0.25) is 4.79 Å². The van der Waals surface area contributed by atoms with Crippen LogP contribution in [0.1, 0.15) is 16.1 Å². The molecule has 5 heterocycles. The molecule has 4 saturated heterocycles. The summed E-state index contributed by atoms with van der Waals surface area (Å²) in [5, 5.41) is 3.42. The van der Waals surface area contributed by atoms with E-state index in [2.05, 4.69) is 50.4 Å². The Balaban J connectivity index is 1.54. The van der Waals surface area contributed by atoms with Gasteiger partial charge in [0.2, 0.25) is 0 Å². The Hall–Kier alpha value is -2.18. The van der Waals surface area contributed by atoms with Crippen LogP contribution in [0, 0.1) is 5.92 Å². The van der Waals surface area contributed by atoms with E-state index in [0.717, 1.165) is 39.3 Å². The van der Waals surface area contributed by atoms with Crippen molar-refractivity contribution in [2.75, 3.05) is 39.3 Å². The highest BCUT2D eigenvalue weighted by Crippen LogP contribution is 2.43. The van der Waals surface area contributed by atoms with Crippen molar-refractivity contribution in [1.82, 2.24) is 24.7 Å². The molecule has 136 valence electrons. The smallest absolute Gasteiger partial charge is 0.269 e. The third kappa shape index (κ3) is 2.40. The van der Waals surface area contributed by atoms with Crippen LogP contribution in [0.25, 0.3) is 0 Å². The van der Waals surface area contributed by atoms with Crippen LogP contribution in [0.5, 0.6) is 0 Å². The average molecular weight is 351 g/mol. The number of rotatable bonds is 3. The van der Waals surface area contributed by atoms with Crippen molar-refractivity contribution in [1.29, 1.82) is 0 Å². The predicted molar refractivity (Wildman–Crippen MR) is 99.0 cm³/mol. The molecule has 4 bridgehead atoms. The number of carbonyl (C=O) groups excluding carboxylic acids is 1. The quantitative estimate of drug-likeness (QED) is 0.885. The third-order valence-corrected chi connectivity index (χ3v) is 6.48. The number of aromatic nitrogens is 2. The number of fused-ring (bicyclic) bond motifs is 1. The molecule has 6 rings (SSSR count). The van der Waals surface area contributed by atoms with Gasteiger partial charge in [-0.2, -0.15) is 0 Å². The zero-order valence-corrected chi connectivity index (χ0v) is 15.1. The average Bonchev–Trinajstić information content (AvgIpc) is 2.92. The lowest BCUT2D eigenvalue weighted by Gasteiger charge is -2.55. The molecule has 26 heavy (non-hydrogen) atoms. The lowest BCUT2D eigenvalue weighted by molar-refractivity contribution is 0.0179. The van der Waals surface area contributed by atoms with Crippen molar-refractivity contribution in [3.05, 3.63) is 54.1 Å². The molecule has 3 atom stereocenters. The number of amides is 1. The highest BCUT2D eigenvalue weighted by atomic mass is 16.2. The molecule has 4 aliphatic heterocycles. The van der Waals surface area contributed by atoms with E-state index >= 15 is 0 Å². The zero-order valence-electron chi connectivity index (χ0n) is 15.1. The lowest BCUT2D eigenvalue weighted by Crippen LogP contribution is -2.70. The van der Waals surface area contributed by atoms with E-state index in [0.29, 0.717) is 11.6 Å². The number of aryl methyl sites for hydroxylation is 1. The van der Waals surface area contributed by atoms with Gasteiger partial charge in [-0.15, -0.1) is 0 Å². The summed E-state index contributed by atoms with van der Waals surface area (Å²) in [5.74, 6) is 0.443. The summed E-state index contributed by atoms with van der Waals surface area (Å²) in [4.78, 5) is 22.3. The Morgan fingerprint density at radius 3 is 2.46 bits per heavy atom. The van der Waals surface area contributed by atoms with Crippen molar-refractivity contribution >= 4 is 5.91 Å². The van der Waals surface area contributed by atoms with Crippen molar-refractivity contribution in [2.24, 2.45) is 13.0 Å². The molecule has 1 aromatic heterocycles. The van der Waals surface area contributed by atoms with E-state index in [-0.39, 0.29) is 17.4 Å². The summed E-state index contributed by atoms with van der Waals surface area (Å²) in [6.07, 6.45) is 3.33. The van der Waals surface area contributed by atoms with Gasteiger partial charge in [0.05, 0.1) is 12.5 Å². The summed E-state index contributed by atoms with van der Waals surface area (Å²) < 4.78 is 1.79. The number of hydrogen-bond donors (Lipinski definition) is 1. The Morgan fingerprint density at radius 2 is 1.85 bits per heavy atom. The molecule has 0 aliphatic carbocycles. The second kappa shape index (κ2) is 5.93. The molecule has 0 radical (unpaired) electrons. The van der Waals surface area contributed by atoms with Crippen molar-refractivity contribution in [3.8, 4) is 0 Å². The fourth-order valence-corrected chi connectivity index (χ4v) is 5.36. The van der Waals surface area contributed by atoms with Crippen LogP contribution in [0.3, 0.4) is 0 Å². The van der Waals surface area contributed by atoms with E-state index in [1.165, 1.54) is 5.56 Å². The molecule has 2 aromatic rings. The van der Waals surface area contributed by atoms with Gasteiger partial charge in [0.1, 0.15) is 5.69 Å². The van der Waals surface area contributed by atoms with Crippen molar-refractivity contribution < 1.29 is 4.79 Å². The molecule has 6 nitrogen and oxygen atoms in total. The van der Waals surface area contributed by atoms with Gasteiger partial charge < -0.3 is 19.7 Å². The molecule has 0 spiro atoms. The molecule has 1 N–H and O–H groups in total. The second-order valence-corrected chi connectivity index (χ2v) is 8.09. The molecule has 0 saturated carbocycles. The number of benzene rings is 1. The Labute approximate surface area is 153 Å². The topological polar surface area (TPSA) is 53.4 Å². The maximum absolute atomic E-state index is 13.0. The predicted octanol–water partition coefficient (Wildman–Crippen LogP) is 0.718. The fraction of sp³-hybridized carbons (Fsp3) is 0.500. The van der Waals surface area contributed by atoms with E-state index < -0.39 is 0 Å². The van der Waals surface area contributed by atoms with Crippen LogP contribution in [-0.4, -0.2) is 70.6 Å². The molecule has 6 heteroatoms. The highest BCUT2D eigenvalue weighted by molar-refractivity contribution is 5.92. The number of nitrogens with zero attached hydrogens (tertiary/aromatic N) is 4. The summed E-state index contributed by atoms with van der Waals surface area (Å²) >= 11 is 0. The van der Waals surface area contributed by atoms with E-state index in [4.69, 9.17) is 0 Å². The van der Waals surface area contributed by atoms with E-state index in [1.54, 1.807) is 17.1 Å². The first-order valence-corrected chi connectivity index (χ1v) is 9.43. The number of piperidine rings is 2. The second-order valence-electron chi connectivity index (χ2n) is 8.09. The van der Waals surface area contributed by atoms with Crippen molar-refractivity contribution in [3.63, 3.8) is 0 Å².